The van der Waals surface area contributed by atoms with Gasteiger partial charge >= 0.3 is 5.97 Å². The zero-order valence-electron chi connectivity index (χ0n) is 31.9. The van der Waals surface area contributed by atoms with Crippen LogP contribution < -0.4 is 5.73 Å². The summed E-state index contributed by atoms with van der Waals surface area (Å²) >= 11 is 0. The van der Waals surface area contributed by atoms with Crippen LogP contribution in [0.5, 0.6) is 0 Å². The predicted molar refractivity (Wildman–Crippen MR) is 205 cm³/mol. The van der Waals surface area contributed by atoms with E-state index in [0.29, 0.717) is 12.8 Å². The summed E-state index contributed by atoms with van der Waals surface area (Å²) < 4.78 is 0. The molecule has 0 saturated carbocycles. The van der Waals surface area contributed by atoms with Gasteiger partial charge < -0.3 is 26.2 Å². The standard InChI is InChI=1S/C42H83NO5/c1-3-5-7-9-11-13-15-16-17-18-19-20-21-22-23-24-26-28-30-32-34-38(42(47)48)41(46)40(43)39(45)36-35-37(44)33-31-29-27-25-14-12-10-8-6-4-2/h35-41,44-46H,3-34,43H2,1-2H3,(H,47,48)/b36-35+/t37?,38?,39-,40-,41?/m1/s1. The molecule has 6 N–H and O–H groups in total. The lowest BCUT2D eigenvalue weighted by atomic mass is 9.88. The lowest BCUT2D eigenvalue weighted by Gasteiger charge is -2.27. The molecule has 5 atom stereocenters. The fourth-order valence-corrected chi connectivity index (χ4v) is 6.84. The summed E-state index contributed by atoms with van der Waals surface area (Å²) in [4.78, 5) is 11.9. The van der Waals surface area contributed by atoms with Crippen molar-refractivity contribution < 1.29 is 25.2 Å². The summed E-state index contributed by atoms with van der Waals surface area (Å²) in [6, 6.07) is -1.11. The minimum Gasteiger partial charge on any atom is -0.481 e. The van der Waals surface area contributed by atoms with E-state index in [4.69, 9.17) is 5.73 Å². The van der Waals surface area contributed by atoms with E-state index in [-0.39, 0.29) is 0 Å². The number of carboxylic acid groups (broad SMARTS) is 1. The average Bonchev–Trinajstić information content (AvgIpc) is 3.07. The van der Waals surface area contributed by atoms with E-state index in [1.165, 1.54) is 173 Å². The summed E-state index contributed by atoms with van der Waals surface area (Å²) in [5.41, 5.74) is 6.07. The van der Waals surface area contributed by atoms with E-state index in [2.05, 4.69) is 13.8 Å². The summed E-state index contributed by atoms with van der Waals surface area (Å²) in [7, 11) is 0. The monoisotopic (exact) mass is 682 g/mol. The topological polar surface area (TPSA) is 124 Å². The number of rotatable bonds is 38. The molecular formula is C42H83NO5. The van der Waals surface area contributed by atoms with Crippen LogP contribution in [0.3, 0.4) is 0 Å². The van der Waals surface area contributed by atoms with Gasteiger partial charge in [-0.3, -0.25) is 4.79 Å². The number of carboxylic acids is 1. The van der Waals surface area contributed by atoms with E-state index >= 15 is 0 Å². The molecule has 3 unspecified atom stereocenters. The maximum atomic E-state index is 11.9. The third kappa shape index (κ3) is 29.9. The van der Waals surface area contributed by atoms with Gasteiger partial charge in [0.15, 0.2) is 0 Å². The molecule has 286 valence electrons. The Morgan fingerprint density at radius 1 is 0.479 bits per heavy atom. The van der Waals surface area contributed by atoms with Crippen molar-refractivity contribution in [3.63, 3.8) is 0 Å². The lowest BCUT2D eigenvalue weighted by molar-refractivity contribution is -0.147. The predicted octanol–water partition coefficient (Wildman–Crippen LogP) is 11.2. The molecule has 0 aromatic carbocycles. The molecule has 0 aliphatic carbocycles. The van der Waals surface area contributed by atoms with E-state index in [1.807, 2.05) is 0 Å². The number of nitrogens with two attached hydrogens (primary N) is 1. The largest absolute Gasteiger partial charge is 0.481 e. The smallest absolute Gasteiger partial charge is 0.309 e. The third-order valence-corrected chi connectivity index (χ3v) is 10.3. The summed E-state index contributed by atoms with van der Waals surface area (Å²) in [6.45, 7) is 4.51. The molecule has 0 aromatic rings. The molecule has 0 amide bonds. The Morgan fingerprint density at radius 3 is 1.08 bits per heavy atom. The number of carbonyl (C=O) groups is 1. The molecule has 0 rings (SSSR count). The van der Waals surface area contributed by atoms with Crippen molar-refractivity contribution >= 4 is 5.97 Å². The Kier molecular flexibility index (Phi) is 35.2. The molecule has 0 bridgehead atoms. The number of hydrogen-bond acceptors (Lipinski definition) is 5. The Bertz CT molecular complexity index is 702. The second kappa shape index (κ2) is 35.9. The molecule has 48 heavy (non-hydrogen) atoms. The van der Waals surface area contributed by atoms with E-state index in [0.717, 1.165) is 32.1 Å². The average molecular weight is 682 g/mol. The number of unbranched alkanes of at least 4 members (excludes halogenated alkanes) is 28. The highest BCUT2D eigenvalue weighted by molar-refractivity contribution is 5.70. The van der Waals surface area contributed by atoms with Crippen molar-refractivity contribution in [3.8, 4) is 0 Å². The van der Waals surface area contributed by atoms with Gasteiger partial charge in [0, 0.05) is 0 Å². The summed E-state index contributed by atoms with van der Waals surface area (Å²) in [5.74, 6) is -2.08. The van der Waals surface area contributed by atoms with E-state index < -0.39 is 36.2 Å². The highest BCUT2D eigenvalue weighted by Gasteiger charge is 2.33. The van der Waals surface area contributed by atoms with Crippen molar-refractivity contribution in [2.45, 2.75) is 244 Å². The van der Waals surface area contributed by atoms with Crippen LogP contribution in [-0.2, 0) is 4.79 Å². The van der Waals surface area contributed by atoms with Gasteiger partial charge in [-0.05, 0) is 12.8 Å². The summed E-state index contributed by atoms with van der Waals surface area (Å²) in [5, 5.41) is 41.2. The highest BCUT2D eigenvalue weighted by Crippen LogP contribution is 2.20. The molecule has 0 spiro atoms. The lowest BCUT2D eigenvalue weighted by Crippen LogP contribution is -2.49. The quantitative estimate of drug-likeness (QED) is 0.0326. The van der Waals surface area contributed by atoms with Crippen LogP contribution in [0.25, 0.3) is 0 Å². The van der Waals surface area contributed by atoms with Crippen LogP contribution in [-0.4, -0.2) is 50.7 Å². The first kappa shape index (κ1) is 47.0. The van der Waals surface area contributed by atoms with Gasteiger partial charge in [0.05, 0.1) is 30.3 Å². The Balaban J connectivity index is 3.87. The highest BCUT2D eigenvalue weighted by atomic mass is 16.4. The van der Waals surface area contributed by atoms with Gasteiger partial charge in [-0.1, -0.05) is 219 Å². The number of aliphatic carboxylic acids is 1. The van der Waals surface area contributed by atoms with Crippen molar-refractivity contribution in [1.29, 1.82) is 0 Å². The molecule has 0 heterocycles. The maximum absolute atomic E-state index is 11.9. The maximum Gasteiger partial charge on any atom is 0.309 e. The van der Waals surface area contributed by atoms with Crippen molar-refractivity contribution in [2.75, 3.05) is 0 Å². The van der Waals surface area contributed by atoms with Crippen molar-refractivity contribution in [1.82, 2.24) is 0 Å². The summed E-state index contributed by atoms with van der Waals surface area (Å²) in [6.07, 6.45) is 38.9. The van der Waals surface area contributed by atoms with Crippen LogP contribution >= 0.6 is 0 Å². The van der Waals surface area contributed by atoms with Crippen LogP contribution in [0, 0.1) is 5.92 Å². The molecule has 0 aliphatic heterocycles. The first-order valence-corrected chi connectivity index (χ1v) is 21.1. The first-order valence-electron chi connectivity index (χ1n) is 21.1. The van der Waals surface area contributed by atoms with Crippen LogP contribution in [0.15, 0.2) is 12.2 Å². The Morgan fingerprint density at radius 2 is 0.771 bits per heavy atom. The fraction of sp³-hybridized carbons (Fsp3) is 0.929. The molecule has 6 nitrogen and oxygen atoms in total. The van der Waals surface area contributed by atoms with Crippen LogP contribution in [0.1, 0.15) is 219 Å². The Labute approximate surface area is 298 Å². The van der Waals surface area contributed by atoms with Gasteiger partial charge in [-0.25, -0.2) is 0 Å². The molecule has 0 saturated heterocycles. The first-order chi connectivity index (χ1) is 23.3. The zero-order chi connectivity index (χ0) is 35.5. The third-order valence-electron chi connectivity index (χ3n) is 10.3. The zero-order valence-corrected chi connectivity index (χ0v) is 31.9. The van der Waals surface area contributed by atoms with Crippen LogP contribution in [0.4, 0.5) is 0 Å². The van der Waals surface area contributed by atoms with Gasteiger partial charge in [0.2, 0.25) is 0 Å². The second-order valence-electron chi connectivity index (χ2n) is 14.9. The van der Waals surface area contributed by atoms with E-state index in [1.54, 1.807) is 0 Å². The minimum absolute atomic E-state index is 0.348. The molecule has 0 aromatic heterocycles. The molecular weight excluding hydrogens is 598 g/mol. The number of aliphatic hydroxyl groups is 3. The van der Waals surface area contributed by atoms with Crippen molar-refractivity contribution in [3.05, 3.63) is 12.2 Å². The molecule has 0 fully saturated rings. The minimum atomic E-state index is -1.35. The normalized spacial score (nSPS) is 15.1. The van der Waals surface area contributed by atoms with Gasteiger partial charge in [-0.2, -0.15) is 0 Å². The van der Waals surface area contributed by atoms with Gasteiger partial charge in [0.1, 0.15) is 0 Å². The molecule has 0 radical (unpaired) electrons. The van der Waals surface area contributed by atoms with Crippen LogP contribution in [0.2, 0.25) is 0 Å². The SMILES string of the molecule is CCCCCCCCCCCCCCCCCCCCCCC(C(=O)O)C(O)[C@H](N)[C@H](O)/C=C/C(O)CCCCCCCCCCCC. The Hall–Kier alpha value is -0.950. The molecule has 6 heteroatoms. The van der Waals surface area contributed by atoms with Gasteiger partial charge in [-0.15, -0.1) is 0 Å². The van der Waals surface area contributed by atoms with E-state index in [9.17, 15) is 25.2 Å². The number of hydrogen-bond donors (Lipinski definition) is 5. The number of aliphatic hydroxyl groups excluding tert-OH is 3. The second-order valence-corrected chi connectivity index (χ2v) is 14.9. The van der Waals surface area contributed by atoms with Crippen molar-refractivity contribution in [2.24, 2.45) is 11.7 Å². The molecule has 0 aliphatic rings. The fourth-order valence-electron chi connectivity index (χ4n) is 6.84. The van der Waals surface area contributed by atoms with Gasteiger partial charge in [0.25, 0.3) is 0 Å².